The molecule has 2 atom stereocenters. The normalized spacial score (nSPS) is 13.3. The molecule has 0 aromatic heterocycles. The van der Waals surface area contributed by atoms with Gasteiger partial charge in [0.15, 0.2) is 24.8 Å². The molecule has 0 spiro atoms. The van der Waals surface area contributed by atoms with Crippen molar-refractivity contribution in [1.82, 2.24) is 0 Å². The van der Waals surface area contributed by atoms with Crippen LogP contribution in [0.5, 0.6) is 23.0 Å². The lowest BCUT2D eigenvalue weighted by Gasteiger charge is -2.26. The summed E-state index contributed by atoms with van der Waals surface area (Å²) in [6, 6.07) is 25.3. The number of halogens is 6. The molecule has 0 heterocycles. The fourth-order valence-corrected chi connectivity index (χ4v) is 5.65. The van der Waals surface area contributed by atoms with Crippen LogP contribution in [-0.4, -0.2) is 71.5 Å². The Morgan fingerprint density at radius 3 is 1.25 bits per heavy atom. The van der Waals surface area contributed by atoms with Crippen LogP contribution in [-0.2, 0) is 9.59 Å². The molecule has 5 rings (SSSR count). The molecule has 0 fully saturated rings. The first kappa shape index (κ1) is 46.6. The van der Waals surface area contributed by atoms with E-state index in [9.17, 15) is 55.7 Å². The molecule has 63 heavy (non-hydrogen) atoms. The predicted molar refractivity (Wildman–Crippen MR) is 217 cm³/mol. The third-order valence-electron chi connectivity index (χ3n) is 8.78. The van der Waals surface area contributed by atoms with E-state index >= 15 is 0 Å². The van der Waals surface area contributed by atoms with Crippen molar-refractivity contribution in [3.63, 3.8) is 0 Å². The van der Waals surface area contributed by atoms with Crippen molar-refractivity contribution in [2.45, 2.75) is 30.5 Å². The van der Waals surface area contributed by atoms with Crippen molar-refractivity contribution in [1.29, 1.82) is 0 Å². The van der Waals surface area contributed by atoms with Gasteiger partial charge >= 0.3 is 24.3 Å². The van der Waals surface area contributed by atoms with Crippen molar-refractivity contribution in [2.75, 3.05) is 24.7 Å². The van der Waals surface area contributed by atoms with Crippen LogP contribution in [0.3, 0.4) is 0 Å². The zero-order chi connectivity index (χ0) is 45.9. The van der Waals surface area contributed by atoms with Crippen LogP contribution < -0.4 is 30.4 Å². The molecule has 0 aliphatic rings. The van der Waals surface area contributed by atoms with Crippen LogP contribution >= 0.6 is 0 Å². The van der Waals surface area contributed by atoms with Crippen molar-refractivity contribution in [2.24, 2.45) is 0 Å². The van der Waals surface area contributed by atoms with Gasteiger partial charge < -0.3 is 40.6 Å². The fraction of sp³-hybridized carbons (Fsp3) is 0.156. The summed E-state index contributed by atoms with van der Waals surface area (Å²) in [5.41, 5.74) is 13.2. The Morgan fingerprint density at radius 1 is 0.540 bits per heavy atom. The van der Waals surface area contributed by atoms with Crippen LogP contribution in [0.25, 0.3) is 12.2 Å². The minimum Gasteiger partial charge on any atom is -0.484 e. The molecule has 5 aromatic carbocycles. The Kier molecular flexibility index (Phi) is 15.1. The van der Waals surface area contributed by atoms with Gasteiger partial charge in [-0.15, -0.1) is 0 Å². The van der Waals surface area contributed by atoms with E-state index in [4.69, 9.17) is 20.9 Å². The van der Waals surface area contributed by atoms with Gasteiger partial charge in [0.2, 0.25) is 0 Å². The van der Waals surface area contributed by atoms with Crippen molar-refractivity contribution >= 4 is 47.0 Å². The number of benzene rings is 5. The molecular weight excluding hydrogens is 842 g/mol. The minimum atomic E-state index is -4.52. The number of ketones is 2. The lowest BCUT2D eigenvalue weighted by molar-refractivity contribution is -0.154. The minimum absolute atomic E-state index is 0.0203. The summed E-state index contributed by atoms with van der Waals surface area (Å²) in [5, 5.41) is 22.5. The van der Waals surface area contributed by atoms with Crippen LogP contribution in [0.1, 0.15) is 43.3 Å². The van der Waals surface area contributed by atoms with E-state index in [2.05, 4.69) is 9.47 Å². The number of anilines is 2. The summed E-state index contributed by atoms with van der Waals surface area (Å²) in [4.78, 5) is 51.9. The second kappa shape index (κ2) is 20.4. The summed E-state index contributed by atoms with van der Waals surface area (Å²) in [5.74, 6) is -5.09. The summed E-state index contributed by atoms with van der Waals surface area (Å²) in [6.07, 6.45) is -8.43. The van der Waals surface area contributed by atoms with Crippen LogP contribution in [0.4, 0.5) is 37.7 Å². The number of rotatable bonds is 17. The van der Waals surface area contributed by atoms with Gasteiger partial charge in [0.05, 0.1) is 17.0 Å². The van der Waals surface area contributed by atoms with Crippen molar-refractivity contribution in [3.05, 3.63) is 155 Å². The molecular formula is C45H36F6N2O10. The van der Waals surface area contributed by atoms with E-state index in [1.165, 1.54) is 127 Å². The maximum atomic E-state index is 13.3. The topological polar surface area (TPSA) is 198 Å². The number of nitrogen functional groups attached to an aromatic ring is 2. The fourth-order valence-electron chi connectivity index (χ4n) is 5.65. The average Bonchev–Trinajstić information content (AvgIpc) is 3.24. The highest BCUT2D eigenvalue weighted by molar-refractivity contribution is 6.01. The number of aliphatic hydroxyl groups excluding tert-OH is 2. The Hall–Kier alpha value is -7.44. The lowest BCUT2D eigenvalue weighted by Crippen LogP contribution is -2.39. The second-order valence-corrected chi connectivity index (χ2v) is 13.5. The Bertz CT molecular complexity index is 2310. The number of carbonyl (C=O) groups excluding carboxylic acids is 4. The number of hydrogen-bond acceptors (Lipinski definition) is 12. The van der Waals surface area contributed by atoms with Gasteiger partial charge in [-0.25, -0.2) is 9.59 Å². The lowest BCUT2D eigenvalue weighted by atomic mass is 9.83. The predicted octanol–water partition coefficient (Wildman–Crippen LogP) is 7.54. The van der Waals surface area contributed by atoms with E-state index in [1.54, 1.807) is 0 Å². The molecule has 6 N–H and O–H groups in total. The number of carbonyl (C=O) groups is 4. The summed E-state index contributed by atoms with van der Waals surface area (Å²) in [6.45, 7) is -2.97. The SMILES string of the molecule is Nc1ccc(C(C(O)C(=O)/C=C/c2ccc(C(=O)Oc3ccc(OCC(F)(F)F)cc3)cc2)C(O)C(=O)/C=C/c2ccc(C(=O)Oc3ccc(OCC(F)(F)F)cc3)cc2)c(N)c1. The van der Waals surface area contributed by atoms with E-state index in [0.717, 1.165) is 12.2 Å². The van der Waals surface area contributed by atoms with Gasteiger partial charge in [0.25, 0.3) is 0 Å². The smallest absolute Gasteiger partial charge is 0.422 e. The monoisotopic (exact) mass is 878 g/mol. The highest BCUT2D eigenvalue weighted by atomic mass is 19.4. The molecule has 5 aromatic rings. The first-order valence-corrected chi connectivity index (χ1v) is 18.4. The van der Waals surface area contributed by atoms with E-state index < -0.39 is 67.2 Å². The standard InChI is InChI=1S/C45H36F6N2O10/c46-44(47,48)24-60-31-12-16-33(17-13-31)62-42(58)28-7-1-26(2-8-28)5-21-37(54)40(56)39(35-20-11-30(52)23-36(35)53)41(57)38(55)22-6-27-3-9-29(10-4-27)43(59)63-34-18-14-32(15-19-34)61-25-45(49,50)51/h1-23,39-41,56-57H,24-25,52-53H2/b21-5+,22-6+. The number of alkyl halides is 6. The van der Waals surface area contributed by atoms with Gasteiger partial charge in [0.1, 0.15) is 35.2 Å². The van der Waals surface area contributed by atoms with E-state index in [0.29, 0.717) is 11.1 Å². The third-order valence-corrected chi connectivity index (χ3v) is 8.78. The first-order chi connectivity index (χ1) is 29.7. The molecule has 12 nitrogen and oxygen atoms in total. The number of hydrogen-bond donors (Lipinski definition) is 4. The van der Waals surface area contributed by atoms with Crippen LogP contribution in [0.2, 0.25) is 0 Å². The number of aliphatic hydroxyl groups is 2. The summed E-state index contributed by atoms with van der Waals surface area (Å²) < 4.78 is 94.1. The maximum Gasteiger partial charge on any atom is 0.422 e. The van der Waals surface area contributed by atoms with E-state index in [1.807, 2.05) is 0 Å². The molecule has 0 aliphatic carbocycles. The van der Waals surface area contributed by atoms with Gasteiger partial charge in [0, 0.05) is 11.4 Å². The molecule has 0 bridgehead atoms. The molecule has 0 saturated heterocycles. The molecule has 18 heteroatoms. The summed E-state index contributed by atoms with van der Waals surface area (Å²) >= 11 is 0. The number of ether oxygens (including phenoxy) is 4. The highest BCUT2D eigenvalue weighted by Crippen LogP contribution is 2.32. The molecule has 0 amide bonds. The largest absolute Gasteiger partial charge is 0.484 e. The average molecular weight is 879 g/mol. The Labute approximate surface area is 354 Å². The Morgan fingerprint density at radius 2 is 0.905 bits per heavy atom. The third kappa shape index (κ3) is 14.1. The molecule has 0 radical (unpaired) electrons. The number of nitrogens with two attached hydrogens (primary N) is 2. The molecule has 2 unspecified atom stereocenters. The molecule has 328 valence electrons. The second-order valence-electron chi connectivity index (χ2n) is 13.5. The van der Waals surface area contributed by atoms with Gasteiger partial charge in [-0.1, -0.05) is 42.5 Å². The zero-order valence-electron chi connectivity index (χ0n) is 32.5. The zero-order valence-corrected chi connectivity index (χ0v) is 32.5. The van der Waals surface area contributed by atoms with Gasteiger partial charge in [-0.05, 0) is 114 Å². The van der Waals surface area contributed by atoms with E-state index in [-0.39, 0.29) is 51.1 Å². The first-order valence-electron chi connectivity index (χ1n) is 18.4. The van der Waals surface area contributed by atoms with Crippen molar-refractivity contribution < 1.29 is 74.7 Å². The quantitative estimate of drug-likeness (QED) is 0.0236. The molecule has 0 saturated carbocycles. The van der Waals surface area contributed by atoms with Gasteiger partial charge in [-0.2, -0.15) is 26.3 Å². The highest BCUT2D eigenvalue weighted by Gasteiger charge is 2.37. The van der Waals surface area contributed by atoms with Crippen LogP contribution in [0, 0.1) is 0 Å². The van der Waals surface area contributed by atoms with Gasteiger partial charge in [-0.3, -0.25) is 9.59 Å². The van der Waals surface area contributed by atoms with Crippen LogP contribution in [0.15, 0.2) is 127 Å². The molecule has 0 aliphatic heterocycles. The Balaban J connectivity index is 1.21. The summed E-state index contributed by atoms with van der Waals surface area (Å²) in [7, 11) is 0. The number of esters is 2. The maximum absolute atomic E-state index is 13.3. The van der Waals surface area contributed by atoms with Crippen molar-refractivity contribution in [3.8, 4) is 23.0 Å².